The monoisotopic (exact) mass is 444 g/mol. The van der Waals surface area contributed by atoms with Crippen LogP contribution in [-0.4, -0.2) is 41.6 Å². The number of Topliss-reactive ketones (excluding diaryl/α,β-unsaturated/α-hetero) is 2. The lowest BCUT2D eigenvalue weighted by Gasteiger charge is -2.39. The molecule has 1 saturated heterocycles. The summed E-state index contributed by atoms with van der Waals surface area (Å²) in [7, 11) is 0. The first-order valence-electron chi connectivity index (χ1n) is 11.1. The van der Waals surface area contributed by atoms with E-state index in [-0.39, 0.29) is 37.6 Å². The molecule has 0 radical (unpaired) electrons. The van der Waals surface area contributed by atoms with Crippen LogP contribution >= 0.6 is 0 Å². The van der Waals surface area contributed by atoms with E-state index in [9.17, 15) is 14.7 Å². The van der Waals surface area contributed by atoms with Crippen molar-refractivity contribution < 1.29 is 24.2 Å². The number of hydrogen-bond donors (Lipinski definition) is 1. The van der Waals surface area contributed by atoms with Gasteiger partial charge < -0.3 is 14.6 Å². The van der Waals surface area contributed by atoms with Crippen LogP contribution in [0.5, 0.6) is 0 Å². The largest absolute Gasteiger partial charge is 0.379 e. The summed E-state index contributed by atoms with van der Waals surface area (Å²) in [5.41, 5.74) is 0.203. The number of rotatable bonds is 8. The lowest BCUT2D eigenvalue weighted by atomic mass is 9.80. The summed E-state index contributed by atoms with van der Waals surface area (Å²) >= 11 is 0. The molecular weight excluding hydrogens is 416 g/mol. The van der Waals surface area contributed by atoms with Crippen LogP contribution in [0.1, 0.15) is 36.5 Å². The Balaban J connectivity index is 1.67. The molecule has 0 unspecified atom stereocenters. The van der Waals surface area contributed by atoms with Crippen molar-refractivity contribution in [3.05, 3.63) is 108 Å². The Bertz CT molecular complexity index is 984. The third-order valence-corrected chi connectivity index (χ3v) is 6.06. The van der Waals surface area contributed by atoms with E-state index in [4.69, 9.17) is 9.47 Å². The Hall–Kier alpha value is -3.12. The Kier molecular flexibility index (Phi) is 6.84. The van der Waals surface area contributed by atoms with Crippen molar-refractivity contribution in [2.24, 2.45) is 0 Å². The second kappa shape index (κ2) is 9.79. The predicted octanol–water partition coefficient (Wildman–Crippen LogP) is 4.06. The summed E-state index contributed by atoms with van der Waals surface area (Å²) in [6.07, 6.45) is -0.778. The van der Waals surface area contributed by atoms with Crippen molar-refractivity contribution in [1.29, 1.82) is 0 Å². The highest BCUT2D eigenvalue weighted by Crippen LogP contribution is 2.41. The quantitative estimate of drug-likeness (QED) is 0.531. The van der Waals surface area contributed by atoms with Crippen LogP contribution in [-0.2, 0) is 24.7 Å². The minimum absolute atomic E-state index is 0.0156. The van der Waals surface area contributed by atoms with Crippen LogP contribution in [0, 0.1) is 0 Å². The SMILES string of the molecule is CC(=O)C[C@@]1(O)CO[C@H](COC(c2ccccc2)(c2ccccc2)c2ccccc2)CC1=O. The standard InChI is InChI=1S/C28H28O5/c1-21(29)18-27(31)20-32-25(17-26(27)30)19-33-28(22-11-5-2-6-12-22,23-13-7-3-8-14-23)24-15-9-4-10-16-24/h2-16,25,31H,17-20H2,1H3/t25-,27+/m0/s1. The molecule has 5 nitrogen and oxygen atoms in total. The van der Waals surface area contributed by atoms with E-state index in [0.717, 1.165) is 16.7 Å². The minimum Gasteiger partial charge on any atom is -0.379 e. The summed E-state index contributed by atoms with van der Waals surface area (Å²) < 4.78 is 12.5. The fraction of sp³-hybridized carbons (Fsp3) is 0.286. The highest BCUT2D eigenvalue weighted by atomic mass is 16.6. The van der Waals surface area contributed by atoms with Gasteiger partial charge in [0, 0.05) is 12.8 Å². The minimum atomic E-state index is -1.75. The van der Waals surface area contributed by atoms with Gasteiger partial charge in [-0.25, -0.2) is 0 Å². The van der Waals surface area contributed by atoms with Crippen molar-refractivity contribution >= 4 is 11.6 Å². The Morgan fingerprint density at radius 2 is 1.39 bits per heavy atom. The maximum absolute atomic E-state index is 12.7. The summed E-state index contributed by atoms with van der Waals surface area (Å²) in [5, 5.41) is 10.6. The van der Waals surface area contributed by atoms with Crippen LogP contribution in [0.15, 0.2) is 91.0 Å². The fourth-order valence-corrected chi connectivity index (χ4v) is 4.45. The maximum Gasteiger partial charge on any atom is 0.169 e. The first-order chi connectivity index (χ1) is 15.9. The highest BCUT2D eigenvalue weighted by molar-refractivity contribution is 5.93. The van der Waals surface area contributed by atoms with Gasteiger partial charge in [0.15, 0.2) is 11.4 Å². The lowest BCUT2D eigenvalue weighted by Crippen LogP contribution is -2.52. The lowest BCUT2D eigenvalue weighted by molar-refractivity contribution is -0.173. The Labute approximate surface area is 194 Å². The van der Waals surface area contributed by atoms with Crippen molar-refractivity contribution in [3.8, 4) is 0 Å². The number of aliphatic hydroxyl groups is 1. The Morgan fingerprint density at radius 3 is 1.79 bits per heavy atom. The Morgan fingerprint density at radius 1 is 0.939 bits per heavy atom. The van der Waals surface area contributed by atoms with E-state index in [1.807, 2.05) is 91.0 Å². The fourth-order valence-electron chi connectivity index (χ4n) is 4.45. The van der Waals surface area contributed by atoms with Gasteiger partial charge in [0.05, 0.1) is 19.3 Å². The molecule has 3 aromatic rings. The number of ketones is 2. The average Bonchev–Trinajstić information content (AvgIpc) is 2.83. The number of ether oxygens (including phenoxy) is 2. The molecule has 5 heteroatoms. The molecule has 1 heterocycles. The summed E-state index contributed by atoms with van der Waals surface area (Å²) in [5.74, 6) is -0.636. The zero-order chi connectivity index (χ0) is 23.3. The van der Waals surface area contributed by atoms with E-state index in [0.29, 0.717) is 0 Å². The van der Waals surface area contributed by atoms with Gasteiger partial charge in [0.1, 0.15) is 11.4 Å². The van der Waals surface area contributed by atoms with E-state index < -0.39 is 17.3 Å². The third-order valence-electron chi connectivity index (χ3n) is 6.06. The molecule has 4 rings (SSSR count). The van der Waals surface area contributed by atoms with Gasteiger partial charge in [-0.2, -0.15) is 0 Å². The second-order valence-corrected chi connectivity index (χ2v) is 8.56. The molecule has 3 aromatic carbocycles. The van der Waals surface area contributed by atoms with E-state index in [1.54, 1.807) is 0 Å². The first-order valence-corrected chi connectivity index (χ1v) is 11.1. The molecule has 1 N–H and O–H groups in total. The van der Waals surface area contributed by atoms with Crippen LogP contribution in [0.25, 0.3) is 0 Å². The maximum atomic E-state index is 12.7. The molecule has 1 aliphatic heterocycles. The first kappa shape index (κ1) is 23.1. The average molecular weight is 445 g/mol. The zero-order valence-corrected chi connectivity index (χ0v) is 18.6. The number of carbonyl (C=O) groups is 2. The van der Waals surface area contributed by atoms with Crippen LogP contribution in [0.2, 0.25) is 0 Å². The molecular formula is C28H28O5. The second-order valence-electron chi connectivity index (χ2n) is 8.56. The van der Waals surface area contributed by atoms with Gasteiger partial charge in [-0.1, -0.05) is 91.0 Å². The third kappa shape index (κ3) is 4.81. The molecule has 170 valence electrons. The molecule has 0 bridgehead atoms. The summed E-state index contributed by atoms with van der Waals surface area (Å²) in [6.45, 7) is 1.28. The summed E-state index contributed by atoms with van der Waals surface area (Å²) in [6, 6.07) is 29.9. The van der Waals surface area contributed by atoms with E-state index in [1.165, 1.54) is 6.92 Å². The van der Waals surface area contributed by atoms with E-state index >= 15 is 0 Å². The van der Waals surface area contributed by atoms with Gasteiger partial charge in [0.25, 0.3) is 0 Å². The predicted molar refractivity (Wildman–Crippen MR) is 125 cm³/mol. The number of carbonyl (C=O) groups excluding carboxylic acids is 2. The normalized spacial score (nSPS) is 21.0. The molecule has 1 aliphatic rings. The van der Waals surface area contributed by atoms with Gasteiger partial charge in [-0.05, 0) is 23.6 Å². The van der Waals surface area contributed by atoms with Crippen LogP contribution < -0.4 is 0 Å². The number of benzene rings is 3. The molecule has 0 saturated carbocycles. The molecule has 1 fully saturated rings. The molecule has 0 aliphatic carbocycles. The van der Waals surface area contributed by atoms with Gasteiger partial charge in [-0.15, -0.1) is 0 Å². The van der Waals surface area contributed by atoms with Crippen molar-refractivity contribution in [3.63, 3.8) is 0 Å². The molecule has 0 aromatic heterocycles. The topological polar surface area (TPSA) is 72.8 Å². The van der Waals surface area contributed by atoms with Crippen molar-refractivity contribution in [2.45, 2.75) is 37.1 Å². The molecule has 0 amide bonds. The van der Waals surface area contributed by atoms with Crippen molar-refractivity contribution in [1.82, 2.24) is 0 Å². The van der Waals surface area contributed by atoms with Crippen LogP contribution in [0.3, 0.4) is 0 Å². The zero-order valence-electron chi connectivity index (χ0n) is 18.6. The van der Waals surface area contributed by atoms with Gasteiger partial charge in [0.2, 0.25) is 0 Å². The molecule has 0 spiro atoms. The van der Waals surface area contributed by atoms with Crippen molar-refractivity contribution in [2.75, 3.05) is 13.2 Å². The molecule has 2 atom stereocenters. The van der Waals surface area contributed by atoms with Gasteiger partial charge >= 0.3 is 0 Å². The highest BCUT2D eigenvalue weighted by Gasteiger charge is 2.44. The van der Waals surface area contributed by atoms with Crippen LogP contribution in [0.4, 0.5) is 0 Å². The molecule has 33 heavy (non-hydrogen) atoms. The number of hydrogen-bond acceptors (Lipinski definition) is 5. The smallest absolute Gasteiger partial charge is 0.169 e. The van der Waals surface area contributed by atoms with Gasteiger partial charge in [-0.3, -0.25) is 9.59 Å². The van der Waals surface area contributed by atoms with E-state index in [2.05, 4.69) is 0 Å². The summed E-state index contributed by atoms with van der Waals surface area (Å²) in [4.78, 5) is 24.1.